The number of anilines is 1. The summed E-state index contributed by atoms with van der Waals surface area (Å²) >= 11 is 0. The highest BCUT2D eigenvalue weighted by Gasteiger charge is 2.06. The van der Waals surface area contributed by atoms with Gasteiger partial charge in [0.2, 0.25) is 0 Å². The van der Waals surface area contributed by atoms with Crippen LogP contribution >= 0.6 is 0 Å². The van der Waals surface area contributed by atoms with E-state index in [0.29, 0.717) is 12.5 Å². The Kier molecular flexibility index (Phi) is 4.28. The van der Waals surface area contributed by atoms with Gasteiger partial charge in [0.05, 0.1) is 11.0 Å². The first-order valence-corrected chi connectivity index (χ1v) is 7.73. The van der Waals surface area contributed by atoms with Crippen molar-refractivity contribution in [3.63, 3.8) is 0 Å². The number of fused-ring (bicyclic) bond motifs is 1. The lowest BCUT2D eigenvalue weighted by Crippen LogP contribution is -2.22. The number of aliphatic imine (C=N–C) groups is 1. The van der Waals surface area contributed by atoms with Crippen molar-refractivity contribution in [2.45, 2.75) is 19.9 Å². The molecule has 0 spiro atoms. The Hall–Kier alpha value is -2.82. The molecule has 0 bridgehead atoms. The number of hydrogen-bond acceptors (Lipinski definition) is 2. The Morgan fingerprint density at radius 3 is 2.83 bits per heavy atom. The van der Waals surface area contributed by atoms with Crippen LogP contribution in [-0.2, 0) is 20.0 Å². The topological polar surface area (TPSA) is 68.2 Å². The third kappa shape index (κ3) is 3.34. The van der Waals surface area contributed by atoms with Gasteiger partial charge >= 0.3 is 0 Å². The van der Waals surface area contributed by atoms with E-state index in [9.17, 15) is 0 Å². The third-order valence-electron chi connectivity index (χ3n) is 3.88. The summed E-state index contributed by atoms with van der Waals surface area (Å²) in [7, 11) is 1.99. The molecule has 0 aliphatic heterocycles. The van der Waals surface area contributed by atoms with Crippen LogP contribution < -0.4 is 11.1 Å². The minimum Gasteiger partial charge on any atom is -0.370 e. The van der Waals surface area contributed by atoms with Crippen molar-refractivity contribution in [3.05, 3.63) is 59.9 Å². The van der Waals surface area contributed by atoms with E-state index in [1.807, 2.05) is 48.0 Å². The number of nitrogens with two attached hydrogens (primary N) is 1. The van der Waals surface area contributed by atoms with Crippen molar-refractivity contribution in [3.8, 4) is 0 Å². The van der Waals surface area contributed by atoms with Crippen molar-refractivity contribution in [1.29, 1.82) is 0 Å². The van der Waals surface area contributed by atoms with Gasteiger partial charge < -0.3 is 15.6 Å². The molecule has 0 radical (unpaired) electrons. The van der Waals surface area contributed by atoms with Gasteiger partial charge in [-0.15, -0.1) is 0 Å². The monoisotopic (exact) mass is 307 g/mol. The number of nitrogens with zero attached hydrogens (tertiary/aromatic N) is 3. The largest absolute Gasteiger partial charge is 0.370 e. The summed E-state index contributed by atoms with van der Waals surface area (Å²) in [5.74, 6) is 1.28. The fraction of sp³-hybridized carbons (Fsp3) is 0.222. The number of nitrogens with one attached hydrogen (secondary N) is 1. The minimum atomic E-state index is 0.394. The van der Waals surface area contributed by atoms with Gasteiger partial charge in [-0.1, -0.05) is 31.2 Å². The number of hydrogen-bond donors (Lipinski definition) is 2. The Morgan fingerprint density at radius 2 is 2.04 bits per heavy atom. The quantitative estimate of drug-likeness (QED) is 0.575. The SMILES string of the molecule is CCc1cccc(NC(N)=NCc2nc3ccccc3n2C)c1. The summed E-state index contributed by atoms with van der Waals surface area (Å²) in [6.07, 6.45) is 0.992. The van der Waals surface area contributed by atoms with Crippen LogP contribution in [0.3, 0.4) is 0 Å². The molecule has 1 heterocycles. The lowest BCUT2D eigenvalue weighted by Gasteiger charge is -2.07. The zero-order valence-electron chi connectivity index (χ0n) is 13.5. The highest BCUT2D eigenvalue weighted by atomic mass is 15.1. The van der Waals surface area contributed by atoms with E-state index in [2.05, 4.69) is 34.3 Å². The highest BCUT2D eigenvalue weighted by molar-refractivity contribution is 5.92. The van der Waals surface area contributed by atoms with Crippen LogP contribution in [0.15, 0.2) is 53.5 Å². The lowest BCUT2D eigenvalue weighted by molar-refractivity contribution is 0.812. The van der Waals surface area contributed by atoms with Crippen LogP contribution in [0.2, 0.25) is 0 Å². The first kappa shape index (κ1) is 15.1. The first-order valence-electron chi connectivity index (χ1n) is 7.73. The summed E-state index contributed by atoms with van der Waals surface area (Å²) in [5.41, 5.74) is 10.3. The third-order valence-corrected chi connectivity index (χ3v) is 3.88. The Morgan fingerprint density at radius 1 is 1.22 bits per heavy atom. The maximum atomic E-state index is 5.99. The summed E-state index contributed by atoms with van der Waals surface area (Å²) in [5, 5.41) is 3.13. The molecule has 3 N–H and O–H groups in total. The number of imidazole rings is 1. The van der Waals surface area contributed by atoms with E-state index in [-0.39, 0.29) is 0 Å². The molecular weight excluding hydrogens is 286 g/mol. The standard InChI is InChI=1S/C18H21N5/c1-3-13-7-6-8-14(11-13)21-18(19)20-12-17-22-15-9-4-5-10-16(15)23(17)2/h4-11H,3,12H2,1-2H3,(H3,19,20,21). The zero-order chi connectivity index (χ0) is 16.2. The first-order chi connectivity index (χ1) is 11.2. The predicted octanol–water partition coefficient (Wildman–Crippen LogP) is 3.06. The van der Waals surface area contributed by atoms with Crippen LogP contribution in [-0.4, -0.2) is 15.5 Å². The number of para-hydroxylation sites is 2. The molecule has 1 aromatic heterocycles. The average molecular weight is 307 g/mol. The summed E-state index contributed by atoms with van der Waals surface area (Å²) in [6.45, 7) is 2.57. The smallest absolute Gasteiger partial charge is 0.193 e. The van der Waals surface area contributed by atoms with Gasteiger partial charge in [0, 0.05) is 12.7 Å². The fourth-order valence-corrected chi connectivity index (χ4v) is 2.55. The van der Waals surface area contributed by atoms with Crippen LogP contribution in [0.5, 0.6) is 0 Å². The molecule has 23 heavy (non-hydrogen) atoms. The molecule has 5 nitrogen and oxygen atoms in total. The van der Waals surface area contributed by atoms with Gasteiger partial charge in [-0.25, -0.2) is 9.98 Å². The molecule has 0 aliphatic rings. The molecule has 0 atom stereocenters. The number of rotatable bonds is 4. The number of aryl methyl sites for hydroxylation is 2. The Bertz CT molecular complexity index is 847. The van der Waals surface area contributed by atoms with Gasteiger partial charge in [-0.05, 0) is 36.2 Å². The van der Waals surface area contributed by atoms with Gasteiger partial charge in [-0.2, -0.15) is 0 Å². The molecule has 0 amide bonds. The summed E-state index contributed by atoms with van der Waals surface area (Å²) < 4.78 is 2.05. The fourth-order valence-electron chi connectivity index (χ4n) is 2.55. The van der Waals surface area contributed by atoms with E-state index < -0.39 is 0 Å². The van der Waals surface area contributed by atoms with E-state index in [1.165, 1.54) is 5.56 Å². The summed E-state index contributed by atoms with van der Waals surface area (Å²) in [4.78, 5) is 8.99. The maximum Gasteiger partial charge on any atom is 0.193 e. The number of benzene rings is 2. The molecule has 0 fully saturated rings. The molecule has 0 aliphatic carbocycles. The van der Waals surface area contributed by atoms with Crippen molar-refractivity contribution in [1.82, 2.24) is 9.55 Å². The second kappa shape index (κ2) is 6.52. The highest BCUT2D eigenvalue weighted by Crippen LogP contribution is 2.15. The molecule has 0 saturated carbocycles. The van der Waals surface area contributed by atoms with E-state index in [0.717, 1.165) is 29.0 Å². The van der Waals surface area contributed by atoms with E-state index >= 15 is 0 Å². The second-order valence-corrected chi connectivity index (χ2v) is 5.46. The summed E-state index contributed by atoms with van der Waals surface area (Å²) in [6, 6.07) is 16.2. The van der Waals surface area contributed by atoms with Gasteiger partial charge in [-0.3, -0.25) is 0 Å². The number of aromatic nitrogens is 2. The van der Waals surface area contributed by atoms with Crippen molar-refractivity contribution >= 4 is 22.7 Å². The van der Waals surface area contributed by atoms with Crippen molar-refractivity contribution in [2.24, 2.45) is 17.8 Å². The zero-order valence-corrected chi connectivity index (χ0v) is 13.5. The van der Waals surface area contributed by atoms with Crippen LogP contribution in [0, 0.1) is 0 Å². The molecule has 3 aromatic rings. The van der Waals surface area contributed by atoms with Crippen LogP contribution in [0.25, 0.3) is 11.0 Å². The molecule has 5 heteroatoms. The number of guanidine groups is 1. The van der Waals surface area contributed by atoms with Crippen molar-refractivity contribution in [2.75, 3.05) is 5.32 Å². The van der Waals surface area contributed by atoms with Crippen LogP contribution in [0.1, 0.15) is 18.3 Å². The molecule has 0 unspecified atom stereocenters. The predicted molar refractivity (Wildman–Crippen MR) is 95.5 cm³/mol. The molecule has 2 aromatic carbocycles. The van der Waals surface area contributed by atoms with Gasteiger partial charge in [0.1, 0.15) is 12.4 Å². The average Bonchev–Trinajstić information content (AvgIpc) is 2.90. The Balaban J connectivity index is 1.74. The van der Waals surface area contributed by atoms with E-state index in [1.54, 1.807) is 0 Å². The maximum absolute atomic E-state index is 5.99. The van der Waals surface area contributed by atoms with Crippen molar-refractivity contribution < 1.29 is 0 Å². The van der Waals surface area contributed by atoms with Gasteiger partial charge in [0.15, 0.2) is 5.96 Å². The van der Waals surface area contributed by atoms with Crippen LogP contribution in [0.4, 0.5) is 5.69 Å². The molecule has 3 rings (SSSR count). The molecular formula is C18H21N5. The molecule has 118 valence electrons. The van der Waals surface area contributed by atoms with E-state index in [4.69, 9.17) is 5.73 Å². The normalized spacial score (nSPS) is 11.8. The minimum absolute atomic E-state index is 0.394. The molecule has 0 saturated heterocycles. The second-order valence-electron chi connectivity index (χ2n) is 5.46. The Labute approximate surface area is 135 Å². The van der Waals surface area contributed by atoms with Gasteiger partial charge in [0.25, 0.3) is 0 Å². The lowest BCUT2D eigenvalue weighted by atomic mass is 10.1.